The SMILES string of the molecule is O=C(Cn1c(SC(F)F)nc2ccccc21)N1CCC[C@H](c2nc3ccccc3s2)C1. The first kappa shape index (κ1) is 20.4. The van der Waals surface area contributed by atoms with Crippen LogP contribution in [0.25, 0.3) is 21.3 Å². The van der Waals surface area contributed by atoms with Gasteiger partial charge in [0.2, 0.25) is 5.91 Å². The minimum Gasteiger partial charge on any atom is -0.340 e. The third-order valence-corrected chi connectivity index (χ3v) is 7.44. The number of thioether (sulfide) groups is 1. The van der Waals surface area contributed by atoms with Crippen molar-refractivity contribution >= 4 is 50.3 Å². The number of alkyl halides is 2. The van der Waals surface area contributed by atoms with E-state index in [0.29, 0.717) is 35.9 Å². The molecule has 9 heteroatoms. The Morgan fingerprint density at radius 3 is 2.71 bits per heavy atom. The Balaban J connectivity index is 1.37. The van der Waals surface area contributed by atoms with Crippen molar-refractivity contribution in [3.8, 4) is 0 Å². The summed E-state index contributed by atoms with van der Waals surface area (Å²) in [6.45, 7) is 1.27. The van der Waals surface area contributed by atoms with Crippen molar-refractivity contribution in [1.82, 2.24) is 19.4 Å². The Morgan fingerprint density at radius 2 is 1.90 bits per heavy atom. The van der Waals surface area contributed by atoms with E-state index in [4.69, 9.17) is 4.98 Å². The number of imidazole rings is 1. The highest BCUT2D eigenvalue weighted by atomic mass is 32.2. The second-order valence-corrected chi connectivity index (χ2v) is 9.57. The molecular weight excluding hydrogens is 438 g/mol. The standard InChI is InChI=1S/C22H20F2N4OS2/c23-21(24)31-22-26-15-7-1-3-9-17(15)28(22)13-19(29)27-11-5-6-14(12-27)20-25-16-8-2-4-10-18(16)30-20/h1-4,7-10,14,21H,5-6,11-13H2/t14-/m0/s1. The number of carbonyl (C=O) groups excluding carboxylic acids is 1. The monoisotopic (exact) mass is 458 g/mol. The molecule has 0 N–H and O–H groups in total. The third kappa shape index (κ3) is 4.16. The van der Waals surface area contributed by atoms with E-state index in [1.807, 2.05) is 41.3 Å². The first-order valence-electron chi connectivity index (χ1n) is 10.1. The lowest BCUT2D eigenvalue weighted by Gasteiger charge is -2.32. The lowest BCUT2D eigenvalue weighted by molar-refractivity contribution is -0.133. The van der Waals surface area contributed by atoms with Gasteiger partial charge in [-0.3, -0.25) is 4.79 Å². The molecule has 2 aromatic carbocycles. The molecule has 0 saturated carbocycles. The maximum Gasteiger partial charge on any atom is 0.291 e. The van der Waals surface area contributed by atoms with Crippen LogP contribution in [0.3, 0.4) is 0 Å². The largest absolute Gasteiger partial charge is 0.340 e. The Bertz CT molecular complexity index is 1210. The number of carbonyl (C=O) groups is 1. The topological polar surface area (TPSA) is 51.0 Å². The molecule has 0 unspecified atom stereocenters. The molecule has 3 heterocycles. The van der Waals surface area contributed by atoms with Gasteiger partial charge in [-0.2, -0.15) is 8.78 Å². The highest BCUT2D eigenvalue weighted by molar-refractivity contribution is 7.99. The fraction of sp³-hybridized carbons (Fsp3) is 0.318. The van der Waals surface area contributed by atoms with Crippen LogP contribution in [0, 0.1) is 0 Å². The second kappa shape index (κ2) is 8.55. The number of benzene rings is 2. The smallest absolute Gasteiger partial charge is 0.291 e. The average molecular weight is 459 g/mol. The maximum absolute atomic E-state index is 13.2. The number of halogens is 2. The number of rotatable bonds is 5. The van der Waals surface area contributed by atoms with E-state index in [0.717, 1.165) is 28.1 Å². The van der Waals surface area contributed by atoms with Crippen molar-refractivity contribution in [3.05, 3.63) is 53.5 Å². The molecule has 0 spiro atoms. The number of amides is 1. The molecule has 1 aliphatic heterocycles. The summed E-state index contributed by atoms with van der Waals surface area (Å²) in [4.78, 5) is 24.1. The summed E-state index contributed by atoms with van der Waals surface area (Å²) < 4.78 is 28.9. The molecule has 5 rings (SSSR count). The lowest BCUT2D eigenvalue weighted by atomic mass is 9.98. The van der Waals surface area contributed by atoms with Crippen molar-refractivity contribution in [3.63, 3.8) is 0 Å². The van der Waals surface area contributed by atoms with Gasteiger partial charge in [0.25, 0.3) is 5.76 Å². The highest BCUT2D eigenvalue weighted by Crippen LogP contribution is 2.33. The Morgan fingerprint density at radius 1 is 1.13 bits per heavy atom. The van der Waals surface area contributed by atoms with E-state index in [1.54, 1.807) is 22.0 Å². The molecular formula is C22H20F2N4OS2. The van der Waals surface area contributed by atoms with Gasteiger partial charge in [-0.15, -0.1) is 11.3 Å². The number of fused-ring (bicyclic) bond motifs is 2. The van der Waals surface area contributed by atoms with Crippen molar-refractivity contribution in [2.24, 2.45) is 0 Å². The molecule has 0 bridgehead atoms. The Kier molecular flexibility index (Phi) is 5.62. The predicted molar refractivity (Wildman–Crippen MR) is 120 cm³/mol. The summed E-state index contributed by atoms with van der Waals surface area (Å²) in [6.07, 6.45) is 1.89. The van der Waals surface area contributed by atoms with Crippen LogP contribution in [-0.4, -0.2) is 44.2 Å². The van der Waals surface area contributed by atoms with Crippen LogP contribution in [0.5, 0.6) is 0 Å². The summed E-state index contributed by atoms with van der Waals surface area (Å²) in [5.74, 6) is -2.47. The third-order valence-electron chi connectivity index (χ3n) is 5.54. The van der Waals surface area contributed by atoms with Crippen LogP contribution in [0.15, 0.2) is 53.7 Å². The molecule has 0 radical (unpaired) electrons. The van der Waals surface area contributed by atoms with Crippen molar-refractivity contribution in [1.29, 1.82) is 0 Å². The van der Waals surface area contributed by atoms with Crippen molar-refractivity contribution < 1.29 is 13.6 Å². The van der Waals surface area contributed by atoms with Crippen LogP contribution in [0.1, 0.15) is 23.8 Å². The molecule has 1 fully saturated rings. The molecule has 31 heavy (non-hydrogen) atoms. The van der Waals surface area contributed by atoms with E-state index in [9.17, 15) is 13.6 Å². The summed E-state index contributed by atoms with van der Waals surface area (Å²) in [6, 6.07) is 15.3. The lowest BCUT2D eigenvalue weighted by Crippen LogP contribution is -2.40. The number of nitrogens with zero attached hydrogens (tertiary/aromatic N) is 4. The number of piperidine rings is 1. The summed E-state index contributed by atoms with van der Waals surface area (Å²) in [5.41, 5.74) is 2.30. The first-order valence-corrected chi connectivity index (χ1v) is 11.8. The predicted octanol–water partition coefficient (Wildman–Crippen LogP) is 5.37. The number of thiazole rings is 1. The van der Waals surface area contributed by atoms with Crippen molar-refractivity contribution in [2.75, 3.05) is 13.1 Å². The minimum atomic E-state index is -2.59. The zero-order chi connectivity index (χ0) is 21.4. The van der Waals surface area contributed by atoms with Gasteiger partial charge in [0.05, 0.1) is 26.3 Å². The number of aromatic nitrogens is 3. The molecule has 4 aromatic rings. The maximum atomic E-state index is 13.2. The Labute approximate surface area is 186 Å². The number of hydrogen-bond acceptors (Lipinski definition) is 5. The van der Waals surface area contributed by atoms with Gasteiger partial charge < -0.3 is 9.47 Å². The molecule has 160 valence electrons. The Hall–Kier alpha value is -2.52. The number of para-hydroxylation sites is 3. The van der Waals surface area contributed by atoms with Gasteiger partial charge >= 0.3 is 0 Å². The van der Waals surface area contributed by atoms with Gasteiger partial charge in [-0.05, 0) is 48.9 Å². The van der Waals surface area contributed by atoms with Gasteiger partial charge in [-0.25, -0.2) is 9.97 Å². The summed E-state index contributed by atoms with van der Waals surface area (Å²) in [5, 5.41) is 1.23. The van der Waals surface area contributed by atoms with Crippen LogP contribution in [0.4, 0.5) is 8.78 Å². The molecule has 1 atom stereocenters. The zero-order valence-electron chi connectivity index (χ0n) is 16.6. The van der Waals surface area contributed by atoms with Gasteiger partial charge in [-0.1, -0.05) is 24.3 Å². The van der Waals surface area contributed by atoms with Crippen LogP contribution >= 0.6 is 23.1 Å². The van der Waals surface area contributed by atoms with Crippen LogP contribution < -0.4 is 0 Å². The van der Waals surface area contributed by atoms with Gasteiger partial charge in [0, 0.05) is 19.0 Å². The number of likely N-dealkylation sites (tertiary alicyclic amines) is 1. The normalized spacial score (nSPS) is 17.1. The summed E-state index contributed by atoms with van der Waals surface area (Å²) >= 11 is 2.06. The molecule has 1 amide bonds. The van der Waals surface area contributed by atoms with Gasteiger partial charge in [0.1, 0.15) is 6.54 Å². The molecule has 5 nitrogen and oxygen atoms in total. The quantitative estimate of drug-likeness (QED) is 0.378. The second-order valence-electron chi connectivity index (χ2n) is 7.55. The van der Waals surface area contributed by atoms with Gasteiger partial charge in [0.15, 0.2) is 5.16 Å². The molecule has 2 aromatic heterocycles. The van der Waals surface area contributed by atoms with Crippen LogP contribution in [0.2, 0.25) is 0 Å². The average Bonchev–Trinajstić information content (AvgIpc) is 3.35. The van der Waals surface area contributed by atoms with E-state index in [2.05, 4.69) is 11.1 Å². The zero-order valence-corrected chi connectivity index (χ0v) is 18.2. The van der Waals surface area contributed by atoms with E-state index >= 15 is 0 Å². The fourth-order valence-electron chi connectivity index (χ4n) is 4.08. The number of hydrogen-bond donors (Lipinski definition) is 0. The van der Waals surface area contributed by atoms with Crippen molar-refractivity contribution in [2.45, 2.75) is 36.2 Å². The first-order chi connectivity index (χ1) is 15.1. The van der Waals surface area contributed by atoms with E-state index in [-0.39, 0.29) is 23.5 Å². The molecule has 0 aliphatic carbocycles. The van der Waals surface area contributed by atoms with E-state index in [1.165, 1.54) is 0 Å². The highest BCUT2D eigenvalue weighted by Gasteiger charge is 2.28. The minimum absolute atomic E-state index is 0.00211. The molecule has 1 saturated heterocycles. The fourth-order valence-corrected chi connectivity index (χ4v) is 5.77. The molecule has 1 aliphatic rings. The summed E-state index contributed by atoms with van der Waals surface area (Å²) in [7, 11) is 0. The van der Waals surface area contributed by atoms with Crippen LogP contribution in [-0.2, 0) is 11.3 Å². The van der Waals surface area contributed by atoms with E-state index < -0.39 is 5.76 Å².